The number of aromatic nitrogens is 1. The summed E-state index contributed by atoms with van der Waals surface area (Å²) in [6, 6.07) is 10.6. The Morgan fingerprint density at radius 2 is 1.89 bits per heavy atom. The normalized spacial score (nSPS) is 12.2. The van der Waals surface area contributed by atoms with E-state index in [0.29, 0.717) is 6.54 Å². The first kappa shape index (κ1) is 13.3. The fourth-order valence-corrected chi connectivity index (χ4v) is 1.75. The molecule has 3 N–H and O–H groups in total. The van der Waals surface area contributed by atoms with Crippen LogP contribution in [0.2, 0.25) is 0 Å². The Hall–Kier alpha value is -2.17. The SMILES string of the molecule is CC(CNc1nc(N)c(F)cc1F)c1ccccc1. The second kappa shape index (κ2) is 5.65. The van der Waals surface area contributed by atoms with Gasteiger partial charge in [-0.05, 0) is 11.5 Å². The molecule has 1 heterocycles. The van der Waals surface area contributed by atoms with Gasteiger partial charge in [0.15, 0.2) is 23.3 Å². The van der Waals surface area contributed by atoms with Crippen molar-refractivity contribution in [2.24, 2.45) is 0 Å². The number of nitrogen functional groups attached to an aromatic ring is 1. The molecule has 1 aromatic heterocycles. The first-order chi connectivity index (χ1) is 9.08. The molecular weight excluding hydrogens is 248 g/mol. The molecule has 19 heavy (non-hydrogen) atoms. The van der Waals surface area contributed by atoms with Gasteiger partial charge in [-0.2, -0.15) is 0 Å². The van der Waals surface area contributed by atoms with E-state index in [2.05, 4.69) is 10.3 Å². The van der Waals surface area contributed by atoms with E-state index >= 15 is 0 Å². The van der Waals surface area contributed by atoms with E-state index in [1.807, 2.05) is 37.3 Å². The van der Waals surface area contributed by atoms with E-state index in [9.17, 15) is 8.78 Å². The summed E-state index contributed by atoms with van der Waals surface area (Å²) in [5.74, 6) is -1.75. The summed E-state index contributed by atoms with van der Waals surface area (Å²) >= 11 is 0. The maximum atomic E-state index is 13.5. The van der Waals surface area contributed by atoms with Gasteiger partial charge in [-0.1, -0.05) is 37.3 Å². The molecule has 0 fully saturated rings. The number of benzene rings is 1. The third-order valence-corrected chi connectivity index (χ3v) is 2.90. The topological polar surface area (TPSA) is 50.9 Å². The minimum Gasteiger partial charge on any atom is -0.381 e. The van der Waals surface area contributed by atoms with Crippen molar-refractivity contribution in [3.8, 4) is 0 Å². The van der Waals surface area contributed by atoms with Crippen molar-refractivity contribution in [2.75, 3.05) is 17.6 Å². The van der Waals surface area contributed by atoms with Crippen LogP contribution in [0.5, 0.6) is 0 Å². The van der Waals surface area contributed by atoms with Gasteiger partial charge in [0.1, 0.15) is 0 Å². The van der Waals surface area contributed by atoms with Gasteiger partial charge in [-0.25, -0.2) is 13.8 Å². The lowest BCUT2D eigenvalue weighted by Gasteiger charge is -2.14. The van der Waals surface area contributed by atoms with Crippen LogP contribution in [0.3, 0.4) is 0 Å². The van der Waals surface area contributed by atoms with Crippen LogP contribution in [-0.4, -0.2) is 11.5 Å². The molecule has 5 heteroatoms. The molecule has 1 atom stereocenters. The maximum Gasteiger partial charge on any atom is 0.168 e. The van der Waals surface area contributed by atoms with Crippen molar-refractivity contribution in [3.63, 3.8) is 0 Å². The van der Waals surface area contributed by atoms with Gasteiger partial charge in [0.2, 0.25) is 0 Å². The standard InChI is InChI=1S/C14H15F2N3/c1-9(10-5-3-2-4-6-10)8-18-14-12(16)7-11(15)13(17)19-14/h2-7,9H,8H2,1H3,(H3,17,18,19). The van der Waals surface area contributed by atoms with Crippen LogP contribution in [0.1, 0.15) is 18.4 Å². The van der Waals surface area contributed by atoms with Crippen LogP contribution in [0.4, 0.5) is 20.4 Å². The highest BCUT2D eigenvalue weighted by atomic mass is 19.1. The smallest absolute Gasteiger partial charge is 0.168 e. The summed E-state index contributed by atoms with van der Waals surface area (Å²) in [4.78, 5) is 3.65. The van der Waals surface area contributed by atoms with Crippen LogP contribution in [0.15, 0.2) is 36.4 Å². The van der Waals surface area contributed by atoms with Gasteiger partial charge >= 0.3 is 0 Å². The number of rotatable bonds is 4. The number of nitrogens with zero attached hydrogens (tertiary/aromatic N) is 1. The Balaban J connectivity index is 2.05. The van der Waals surface area contributed by atoms with Crippen LogP contribution in [0, 0.1) is 11.6 Å². The molecule has 0 saturated carbocycles. The first-order valence-electron chi connectivity index (χ1n) is 5.98. The monoisotopic (exact) mass is 263 g/mol. The van der Waals surface area contributed by atoms with E-state index < -0.39 is 11.6 Å². The molecule has 1 unspecified atom stereocenters. The number of halogens is 2. The summed E-state index contributed by atoms with van der Waals surface area (Å²) in [5, 5.41) is 2.85. The number of nitrogens with two attached hydrogens (primary N) is 1. The summed E-state index contributed by atoms with van der Waals surface area (Å²) < 4.78 is 26.4. The molecule has 1 aromatic carbocycles. The number of hydrogen-bond acceptors (Lipinski definition) is 3. The molecule has 0 amide bonds. The number of nitrogens with one attached hydrogen (secondary N) is 1. The molecular formula is C14H15F2N3. The molecule has 2 aromatic rings. The van der Waals surface area contributed by atoms with Gasteiger partial charge in [0, 0.05) is 12.6 Å². The second-order valence-corrected chi connectivity index (χ2v) is 4.38. The fraction of sp³-hybridized carbons (Fsp3) is 0.214. The summed E-state index contributed by atoms with van der Waals surface area (Å²) in [6.07, 6.45) is 0. The lowest BCUT2D eigenvalue weighted by molar-refractivity contribution is 0.579. The highest BCUT2D eigenvalue weighted by Crippen LogP contribution is 2.19. The van der Waals surface area contributed by atoms with Crippen LogP contribution in [-0.2, 0) is 0 Å². The Labute approximate surface area is 110 Å². The summed E-state index contributed by atoms with van der Waals surface area (Å²) in [6.45, 7) is 2.49. The van der Waals surface area contributed by atoms with Crippen molar-refractivity contribution in [2.45, 2.75) is 12.8 Å². The predicted molar refractivity (Wildman–Crippen MR) is 71.9 cm³/mol. The average molecular weight is 263 g/mol. The number of pyridine rings is 1. The molecule has 0 aliphatic heterocycles. The van der Waals surface area contributed by atoms with E-state index in [-0.39, 0.29) is 17.6 Å². The van der Waals surface area contributed by atoms with Gasteiger partial charge in [-0.15, -0.1) is 0 Å². The fourth-order valence-electron chi connectivity index (χ4n) is 1.75. The zero-order valence-electron chi connectivity index (χ0n) is 10.5. The van der Waals surface area contributed by atoms with Gasteiger partial charge in [0.05, 0.1) is 0 Å². The summed E-state index contributed by atoms with van der Waals surface area (Å²) in [7, 11) is 0. The van der Waals surface area contributed by atoms with Crippen LogP contribution < -0.4 is 11.1 Å². The second-order valence-electron chi connectivity index (χ2n) is 4.38. The van der Waals surface area contributed by atoms with E-state index in [4.69, 9.17) is 5.73 Å². The summed E-state index contributed by atoms with van der Waals surface area (Å²) in [5.41, 5.74) is 6.44. The third kappa shape index (κ3) is 3.19. The lowest BCUT2D eigenvalue weighted by atomic mass is 10.0. The van der Waals surface area contributed by atoms with Gasteiger partial charge < -0.3 is 11.1 Å². The molecule has 0 bridgehead atoms. The maximum absolute atomic E-state index is 13.5. The Bertz CT molecular complexity index is 558. The van der Waals surface area contributed by atoms with Crippen molar-refractivity contribution >= 4 is 11.6 Å². The van der Waals surface area contributed by atoms with Crippen LogP contribution in [0.25, 0.3) is 0 Å². The molecule has 100 valence electrons. The molecule has 0 spiro atoms. The minimum atomic E-state index is -0.848. The minimum absolute atomic E-state index is 0.0262. The zero-order chi connectivity index (χ0) is 13.8. The van der Waals surface area contributed by atoms with Crippen molar-refractivity contribution < 1.29 is 8.78 Å². The number of hydrogen-bond donors (Lipinski definition) is 2. The Morgan fingerprint density at radius 1 is 1.21 bits per heavy atom. The Morgan fingerprint density at radius 3 is 2.58 bits per heavy atom. The van der Waals surface area contributed by atoms with Crippen molar-refractivity contribution in [1.29, 1.82) is 0 Å². The molecule has 0 saturated heterocycles. The van der Waals surface area contributed by atoms with Crippen LogP contribution >= 0.6 is 0 Å². The Kier molecular flexibility index (Phi) is 3.94. The van der Waals surface area contributed by atoms with E-state index in [0.717, 1.165) is 11.6 Å². The van der Waals surface area contributed by atoms with Gasteiger partial charge in [-0.3, -0.25) is 0 Å². The molecule has 0 aliphatic carbocycles. The van der Waals surface area contributed by atoms with E-state index in [1.165, 1.54) is 0 Å². The average Bonchev–Trinajstić information content (AvgIpc) is 2.42. The van der Waals surface area contributed by atoms with Gasteiger partial charge in [0.25, 0.3) is 0 Å². The molecule has 0 radical (unpaired) electrons. The molecule has 0 aliphatic rings. The quantitative estimate of drug-likeness (QED) is 0.890. The highest BCUT2D eigenvalue weighted by molar-refractivity contribution is 5.45. The third-order valence-electron chi connectivity index (χ3n) is 2.90. The van der Waals surface area contributed by atoms with Crippen molar-refractivity contribution in [1.82, 2.24) is 4.98 Å². The highest BCUT2D eigenvalue weighted by Gasteiger charge is 2.11. The first-order valence-corrected chi connectivity index (χ1v) is 5.98. The number of anilines is 2. The van der Waals surface area contributed by atoms with Crippen molar-refractivity contribution in [3.05, 3.63) is 53.6 Å². The lowest BCUT2D eigenvalue weighted by Crippen LogP contribution is -2.13. The van der Waals surface area contributed by atoms with E-state index in [1.54, 1.807) is 0 Å². The zero-order valence-corrected chi connectivity index (χ0v) is 10.5. The predicted octanol–water partition coefficient (Wildman–Crippen LogP) is 3.16. The largest absolute Gasteiger partial charge is 0.381 e. The molecule has 3 nitrogen and oxygen atoms in total. The molecule has 2 rings (SSSR count).